The van der Waals surface area contributed by atoms with Crippen LogP contribution in [0.25, 0.3) is 22.0 Å². The molecular formula is C24H16F3NO3. The summed E-state index contributed by atoms with van der Waals surface area (Å²) in [4.78, 5) is 23.5. The van der Waals surface area contributed by atoms with Crippen LogP contribution in [0.3, 0.4) is 0 Å². The van der Waals surface area contributed by atoms with Gasteiger partial charge in [-0.3, -0.25) is 4.79 Å². The van der Waals surface area contributed by atoms with E-state index in [1.807, 2.05) is 30.3 Å². The molecule has 0 radical (unpaired) electrons. The van der Waals surface area contributed by atoms with E-state index in [0.29, 0.717) is 28.6 Å². The molecule has 0 aliphatic heterocycles. The van der Waals surface area contributed by atoms with Crippen LogP contribution < -0.4 is 0 Å². The molecule has 0 fully saturated rings. The van der Waals surface area contributed by atoms with Gasteiger partial charge in [-0.25, -0.2) is 4.79 Å². The molecule has 0 aliphatic carbocycles. The van der Waals surface area contributed by atoms with Crippen LogP contribution in [0, 0.1) is 0 Å². The van der Waals surface area contributed by atoms with Crippen molar-refractivity contribution in [2.45, 2.75) is 12.7 Å². The molecular weight excluding hydrogens is 407 g/mol. The SMILES string of the molecule is O=C(O)C(=O)c1cn(Cc2ccccc2)c2cc(-c3ccc(C(F)(F)F)cc3)ccc12. The van der Waals surface area contributed by atoms with Crippen molar-refractivity contribution >= 4 is 22.7 Å². The van der Waals surface area contributed by atoms with Gasteiger partial charge in [-0.05, 0) is 34.9 Å². The normalized spacial score (nSPS) is 11.6. The zero-order valence-electron chi connectivity index (χ0n) is 16.1. The molecule has 156 valence electrons. The largest absolute Gasteiger partial charge is 0.475 e. The summed E-state index contributed by atoms with van der Waals surface area (Å²) in [5.74, 6) is -2.57. The van der Waals surface area contributed by atoms with Crippen LogP contribution in [0.4, 0.5) is 13.2 Å². The van der Waals surface area contributed by atoms with Gasteiger partial charge < -0.3 is 9.67 Å². The first-order valence-corrected chi connectivity index (χ1v) is 9.36. The smallest absolute Gasteiger partial charge is 0.416 e. The number of ketones is 1. The van der Waals surface area contributed by atoms with Crippen LogP contribution in [0.1, 0.15) is 21.5 Å². The minimum absolute atomic E-state index is 0.0670. The van der Waals surface area contributed by atoms with Crippen molar-refractivity contribution < 1.29 is 27.9 Å². The minimum Gasteiger partial charge on any atom is -0.475 e. The molecule has 0 bridgehead atoms. The van der Waals surface area contributed by atoms with E-state index in [1.165, 1.54) is 18.3 Å². The van der Waals surface area contributed by atoms with E-state index in [-0.39, 0.29) is 5.56 Å². The topological polar surface area (TPSA) is 59.3 Å². The summed E-state index contributed by atoms with van der Waals surface area (Å²) < 4.78 is 40.3. The molecule has 31 heavy (non-hydrogen) atoms. The van der Waals surface area contributed by atoms with Gasteiger partial charge in [-0.1, -0.05) is 54.6 Å². The summed E-state index contributed by atoms with van der Waals surface area (Å²) in [5, 5.41) is 9.64. The summed E-state index contributed by atoms with van der Waals surface area (Å²) >= 11 is 0. The lowest BCUT2D eigenvalue weighted by Crippen LogP contribution is -2.12. The lowest BCUT2D eigenvalue weighted by Gasteiger charge is -2.09. The van der Waals surface area contributed by atoms with Gasteiger partial charge in [-0.15, -0.1) is 0 Å². The molecule has 4 rings (SSSR count). The summed E-state index contributed by atoms with van der Waals surface area (Å²) in [6.45, 7) is 0.403. The second-order valence-electron chi connectivity index (χ2n) is 7.10. The maximum absolute atomic E-state index is 12.9. The van der Waals surface area contributed by atoms with E-state index in [1.54, 1.807) is 22.8 Å². The monoisotopic (exact) mass is 423 g/mol. The van der Waals surface area contributed by atoms with Crippen LogP contribution in [-0.2, 0) is 17.5 Å². The van der Waals surface area contributed by atoms with Crippen LogP contribution in [0.5, 0.6) is 0 Å². The van der Waals surface area contributed by atoms with E-state index in [4.69, 9.17) is 5.11 Å². The second kappa shape index (κ2) is 7.75. The van der Waals surface area contributed by atoms with Crippen LogP contribution in [0.2, 0.25) is 0 Å². The predicted molar refractivity (Wildman–Crippen MR) is 110 cm³/mol. The number of hydrogen-bond donors (Lipinski definition) is 1. The maximum Gasteiger partial charge on any atom is 0.416 e. The number of aromatic nitrogens is 1. The Bertz CT molecular complexity index is 1270. The number of benzene rings is 3. The minimum atomic E-state index is -4.42. The van der Waals surface area contributed by atoms with Crippen LogP contribution in [0.15, 0.2) is 79.0 Å². The highest BCUT2D eigenvalue weighted by molar-refractivity contribution is 6.42. The Morgan fingerprint density at radius 2 is 1.52 bits per heavy atom. The predicted octanol–water partition coefficient (Wildman–Crippen LogP) is 5.64. The third-order valence-corrected chi connectivity index (χ3v) is 5.06. The van der Waals surface area contributed by atoms with Crippen molar-refractivity contribution in [1.29, 1.82) is 0 Å². The number of nitrogens with zero attached hydrogens (tertiary/aromatic N) is 1. The van der Waals surface area contributed by atoms with Gasteiger partial charge in [0, 0.05) is 23.6 Å². The van der Waals surface area contributed by atoms with Crippen molar-refractivity contribution in [1.82, 2.24) is 4.57 Å². The highest BCUT2D eigenvalue weighted by Gasteiger charge is 2.30. The van der Waals surface area contributed by atoms with E-state index in [2.05, 4.69) is 0 Å². The van der Waals surface area contributed by atoms with Gasteiger partial charge in [0.2, 0.25) is 0 Å². The zero-order valence-corrected chi connectivity index (χ0v) is 16.1. The van der Waals surface area contributed by atoms with Gasteiger partial charge in [0.05, 0.1) is 11.1 Å². The van der Waals surface area contributed by atoms with Crippen molar-refractivity contribution in [3.8, 4) is 11.1 Å². The Balaban J connectivity index is 1.82. The van der Waals surface area contributed by atoms with E-state index >= 15 is 0 Å². The number of halogens is 3. The molecule has 0 atom stereocenters. The maximum atomic E-state index is 12.9. The molecule has 3 aromatic carbocycles. The number of Topliss-reactive ketones (excluding diaryl/α,β-unsaturated/α-hetero) is 1. The fourth-order valence-corrected chi connectivity index (χ4v) is 3.53. The summed E-state index contributed by atoms with van der Waals surface area (Å²) in [5.41, 5.74) is 2.13. The third kappa shape index (κ3) is 4.07. The summed E-state index contributed by atoms with van der Waals surface area (Å²) in [7, 11) is 0. The van der Waals surface area contributed by atoms with Crippen molar-refractivity contribution in [2.24, 2.45) is 0 Å². The number of alkyl halides is 3. The molecule has 0 amide bonds. The number of hydrogen-bond acceptors (Lipinski definition) is 2. The van der Waals surface area contributed by atoms with Crippen LogP contribution in [-0.4, -0.2) is 21.4 Å². The van der Waals surface area contributed by atoms with E-state index in [9.17, 15) is 22.8 Å². The van der Waals surface area contributed by atoms with Gasteiger partial charge >= 0.3 is 12.1 Å². The number of carbonyl (C=O) groups excluding carboxylic acids is 1. The first-order valence-electron chi connectivity index (χ1n) is 9.36. The molecule has 0 aliphatic rings. The number of aliphatic carboxylic acids is 1. The van der Waals surface area contributed by atoms with Crippen molar-refractivity contribution in [3.63, 3.8) is 0 Å². The van der Waals surface area contributed by atoms with Gasteiger partial charge in [-0.2, -0.15) is 13.2 Å². The fourth-order valence-electron chi connectivity index (χ4n) is 3.53. The van der Waals surface area contributed by atoms with Gasteiger partial charge in [0.15, 0.2) is 0 Å². The zero-order chi connectivity index (χ0) is 22.2. The molecule has 7 heteroatoms. The Kier molecular flexibility index (Phi) is 5.10. The first-order chi connectivity index (χ1) is 14.7. The molecule has 4 aromatic rings. The molecule has 1 aromatic heterocycles. The highest BCUT2D eigenvalue weighted by atomic mass is 19.4. The Hall–Kier alpha value is -3.87. The third-order valence-electron chi connectivity index (χ3n) is 5.06. The summed E-state index contributed by atoms with van der Waals surface area (Å²) in [6.07, 6.45) is -2.91. The quantitative estimate of drug-likeness (QED) is 0.334. The fraction of sp³-hybridized carbons (Fsp3) is 0.0833. The number of carboxylic acids is 1. The molecule has 0 saturated carbocycles. The Morgan fingerprint density at radius 3 is 2.13 bits per heavy atom. The Morgan fingerprint density at radius 1 is 0.871 bits per heavy atom. The summed E-state index contributed by atoms with van der Waals surface area (Å²) in [6, 6.07) is 19.3. The first kappa shape index (κ1) is 20.4. The molecule has 0 saturated heterocycles. The number of fused-ring (bicyclic) bond motifs is 1. The van der Waals surface area contributed by atoms with Gasteiger partial charge in [0.25, 0.3) is 5.78 Å². The molecule has 0 unspecified atom stereocenters. The second-order valence-corrected chi connectivity index (χ2v) is 7.10. The highest BCUT2D eigenvalue weighted by Crippen LogP contribution is 2.33. The van der Waals surface area contributed by atoms with Crippen molar-refractivity contribution in [3.05, 3.63) is 95.7 Å². The number of rotatable bonds is 5. The van der Waals surface area contributed by atoms with Crippen molar-refractivity contribution in [2.75, 3.05) is 0 Å². The average Bonchev–Trinajstić information content (AvgIpc) is 3.11. The Labute approximate surface area is 175 Å². The standard InChI is InChI=1S/C24H16F3NO3/c25-24(26,27)18-9-6-16(7-10-18)17-8-11-19-20(22(29)23(30)31)14-28(21(19)12-17)13-15-4-2-1-3-5-15/h1-12,14H,13H2,(H,30,31). The molecule has 0 spiro atoms. The molecule has 1 N–H and O–H groups in total. The van der Waals surface area contributed by atoms with Gasteiger partial charge in [0.1, 0.15) is 0 Å². The number of carboxylic acid groups (broad SMARTS) is 1. The number of carbonyl (C=O) groups is 2. The van der Waals surface area contributed by atoms with E-state index in [0.717, 1.165) is 17.7 Å². The average molecular weight is 423 g/mol. The lowest BCUT2D eigenvalue weighted by atomic mass is 10.0. The molecule has 1 heterocycles. The van der Waals surface area contributed by atoms with Crippen LogP contribution >= 0.6 is 0 Å². The lowest BCUT2D eigenvalue weighted by molar-refractivity contribution is -0.137. The molecule has 4 nitrogen and oxygen atoms in total. The van der Waals surface area contributed by atoms with E-state index < -0.39 is 23.5 Å².